The molecule has 1 aliphatic carbocycles. The van der Waals surface area contributed by atoms with Gasteiger partial charge in [0.1, 0.15) is 12.2 Å². The number of rotatable bonds is 6. The largest absolute Gasteiger partial charge is 0.334 e. The standard InChI is InChI=1S/C16H21N5OS/c22-16(20(14-2-3-14)8-12-5-6-23-10-12)7-17-13-1-4-15-18-11-19-21(15)9-13/h5-6,10-11,13-14,17H,1-4,7-9H2. The number of fused-ring (bicyclic) bond motifs is 1. The van der Waals surface area contributed by atoms with Crippen molar-refractivity contribution < 1.29 is 4.79 Å². The highest BCUT2D eigenvalue weighted by atomic mass is 32.1. The van der Waals surface area contributed by atoms with Crippen molar-refractivity contribution in [2.75, 3.05) is 6.54 Å². The molecule has 0 saturated heterocycles. The predicted molar refractivity (Wildman–Crippen MR) is 88.0 cm³/mol. The van der Waals surface area contributed by atoms with Crippen LogP contribution >= 0.6 is 11.3 Å². The Labute approximate surface area is 139 Å². The second-order valence-corrected chi connectivity index (χ2v) is 7.14. The molecular formula is C16H21N5OS. The number of amides is 1. The first-order valence-corrected chi connectivity index (χ1v) is 9.14. The van der Waals surface area contributed by atoms with Gasteiger partial charge in [0.25, 0.3) is 0 Å². The topological polar surface area (TPSA) is 63.1 Å². The molecule has 2 aromatic rings. The molecule has 7 heteroatoms. The van der Waals surface area contributed by atoms with E-state index in [1.807, 2.05) is 9.58 Å². The van der Waals surface area contributed by atoms with E-state index in [2.05, 4.69) is 32.2 Å². The summed E-state index contributed by atoms with van der Waals surface area (Å²) >= 11 is 1.69. The Morgan fingerprint density at radius 2 is 2.35 bits per heavy atom. The Hall–Kier alpha value is -1.73. The average Bonchev–Trinajstić information content (AvgIpc) is 3.08. The third kappa shape index (κ3) is 3.45. The van der Waals surface area contributed by atoms with Gasteiger partial charge in [0.15, 0.2) is 0 Å². The van der Waals surface area contributed by atoms with Gasteiger partial charge in [-0.15, -0.1) is 0 Å². The molecule has 0 aromatic carbocycles. The van der Waals surface area contributed by atoms with E-state index in [1.165, 1.54) is 5.56 Å². The van der Waals surface area contributed by atoms with E-state index in [9.17, 15) is 4.79 Å². The minimum Gasteiger partial charge on any atom is -0.334 e. The molecule has 2 aromatic heterocycles. The fourth-order valence-electron chi connectivity index (χ4n) is 3.12. The minimum atomic E-state index is 0.211. The van der Waals surface area contributed by atoms with Gasteiger partial charge in [0, 0.05) is 25.0 Å². The predicted octanol–water partition coefficient (Wildman–Crippen LogP) is 1.44. The molecule has 122 valence electrons. The first-order chi connectivity index (χ1) is 11.3. The van der Waals surface area contributed by atoms with E-state index in [0.717, 1.165) is 44.6 Å². The highest BCUT2D eigenvalue weighted by Gasteiger charge is 2.32. The van der Waals surface area contributed by atoms with Gasteiger partial charge in [-0.2, -0.15) is 16.4 Å². The lowest BCUT2D eigenvalue weighted by Crippen LogP contribution is -2.45. The Morgan fingerprint density at radius 1 is 1.43 bits per heavy atom. The van der Waals surface area contributed by atoms with Gasteiger partial charge >= 0.3 is 0 Å². The van der Waals surface area contributed by atoms with Crippen LogP contribution in [0.4, 0.5) is 0 Å². The zero-order valence-corrected chi connectivity index (χ0v) is 13.8. The van der Waals surface area contributed by atoms with Crippen molar-refractivity contribution >= 4 is 17.2 Å². The number of carbonyl (C=O) groups excluding carboxylic acids is 1. The molecule has 4 rings (SSSR count). The number of nitrogens with zero attached hydrogens (tertiary/aromatic N) is 4. The number of thiophene rings is 1. The SMILES string of the molecule is O=C(CNC1CCc2ncnn2C1)N(Cc1ccsc1)C1CC1. The lowest BCUT2D eigenvalue weighted by Gasteiger charge is -2.26. The van der Waals surface area contributed by atoms with Crippen LogP contribution in [0.5, 0.6) is 0 Å². The summed E-state index contributed by atoms with van der Waals surface area (Å²) < 4.78 is 1.94. The molecule has 1 amide bonds. The summed E-state index contributed by atoms with van der Waals surface area (Å²) in [6.07, 6.45) is 5.83. The first kappa shape index (κ1) is 14.8. The Kier molecular flexibility index (Phi) is 4.13. The maximum absolute atomic E-state index is 12.6. The molecule has 1 N–H and O–H groups in total. The van der Waals surface area contributed by atoms with Gasteiger partial charge in [-0.1, -0.05) is 0 Å². The van der Waals surface area contributed by atoms with Crippen LogP contribution < -0.4 is 5.32 Å². The van der Waals surface area contributed by atoms with Gasteiger partial charge in [-0.05, 0) is 41.7 Å². The molecule has 1 unspecified atom stereocenters. The molecule has 1 aliphatic heterocycles. The van der Waals surface area contributed by atoms with Gasteiger partial charge in [0.2, 0.25) is 5.91 Å². The summed E-state index contributed by atoms with van der Waals surface area (Å²) in [7, 11) is 0. The lowest BCUT2D eigenvalue weighted by atomic mass is 10.1. The van der Waals surface area contributed by atoms with Crippen molar-refractivity contribution in [2.24, 2.45) is 0 Å². The van der Waals surface area contributed by atoms with E-state index in [-0.39, 0.29) is 5.91 Å². The van der Waals surface area contributed by atoms with Gasteiger partial charge in [-0.3, -0.25) is 4.79 Å². The fourth-order valence-corrected chi connectivity index (χ4v) is 3.78. The number of carbonyl (C=O) groups is 1. The van der Waals surface area contributed by atoms with Crippen molar-refractivity contribution in [1.82, 2.24) is 25.0 Å². The summed E-state index contributed by atoms with van der Waals surface area (Å²) in [5.74, 6) is 1.26. The summed E-state index contributed by atoms with van der Waals surface area (Å²) in [6, 6.07) is 2.85. The van der Waals surface area contributed by atoms with Gasteiger partial charge < -0.3 is 10.2 Å². The lowest BCUT2D eigenvalue weighted by molar-refractivity contribution is -0.131. The Balaban J connectivity index is 1.32. The number of aryl methyl sites for hydroxylation is 1. The maximum Gasteiger partial charge on any atom is 0.237 e. The molecule has 1 fully saturated rings. The van der Waals surface area contributed by atoms with E-state index in [4.69, 9.17) is 0 Å². The normalized spacial score (nSPS) is 20.3. The van der Waals surface area contributed by atoms with Crippen molar-refractivity contribution in [1.29, 1.82) is 0 Å². The maximum atomic E-state index is 12.6. The molecule has 23 heavy (non-hydrogen) atoms. The second-order valence-electron chi connectivity index (χ2n) is 6.36. The molecule has 2 aliphatic rings. The third-order valence-electron chi connectivity index (χ3n) is 4.59. The molecule has 3 heterocycles. The number of hydrogen-bond donors (Lipinski definition) is 1. The highest BCUT2D eigenvalue weighted by Crippen LogP contribution is 2.28. The van der Waals surface area contributed by atoms with Crippen LogP contribution in [0.3, 0.4) is 0 Å². The number of hydrogen-bond acceptors (Lipinski definition) is 5. The summed E-state index contributed by atoms with van der Waals surface area (Å²) in [5, 5.41) is 11.8. The smallest absolute Gasteiger partial charge is 0.237 e. The van der Waals surface area contributed by atoms with Crippen LogP contribution in [0.15, 0.2) is 23.2 Å². The van der Waals surface area contributed by atoms with Crippen molar-refractivity contribution in [3.63, 3.8) is 0 Å². The highest BCUT2D eigenvalue weighted by molar-refractivity contribution is 7.07. The van der Waals surface area contributed by atoms with Crippen LogP contribution in [0.25, 0.3) is 0 Å². The molecule has 0 spiro atoms. The number of nitrogens with one attached hydrogen (secondary N) is 1. The van der Waals surface area contributed by atoms with Crippen LogP contribution in [0.2, 0.25) is 0 Å². The van der Waals surface area contributed by atoms with E-state index in [1.54, 1.807) is 17.7 Å². The van der Waals surface area contributed by atoms with Crippen LogP contribution in [-0.2, 0) is 24.3 Å². The monoisotopic (exact) mass is 331 g/mol. The second kappa shape index (κ2) is 6.41. The fraction of sp³-hybridized carbons (Fsp3) is 0.562. The summed E-state index contributed by atoms with van der Waals surface area (Å²) in [5.41, 5.74) is 1.24. The Morgan fingerprint density at radius 3 is 3.13 bits per heavy atom. The molecule has 1 atom stereocenters. The van der Waals surface area contributed by atoms with E-state index in [0.29, 0.717) is 18.6 Å². The summed E-state index contributed by atoms with van der Waals surface area (Å²) in [6.45, 7) is 1.96. The third-order valence-corrected chi connectivity index (χ3v) is 5.32. The molecule has 1 saturated carbocycles. The zero-order chi connectivity index (χ0) is 15.6. The minimum absolute atomic E-state index is 0.211. The first-order valence-electron chi connectivity index (χ1n) is 8.20. The van der Waals surface area contributed by atoms with E-state index >= 15 is 0 Å². The van der Waals surface area contributed by atoms with Crippen molar-refractivity contribution in [2.45, 2.75) is 50.9 Å². The molecule has 0 radical (unpaired) electrons. The quantitative estimate of drug-likeness (QED) is 0.870. The summed E-state index contributed by atoms with van der Waals surface area (Å²) in [4.78, 5) is 18.9. The Bertz CT molecular complexity index is 664. The molecule has 6 nitrogen and oxygen atoms in total. The molecular weight excluding hydrogens is 310 g/mol. The van der Waals surface area contributed by atoms with Crippen molar-refractivity contribution in [3.8, 4) is 0 Å². The van der Waals surface area contributed by atoms with Crippen LogP contribution in [0, 0.1) is 0 Å². The van der Waals surface area contributed by atoms with Crippen LogP contribution in [0.1, 0.15) is 30.7 Å². The number of aromatic nitrogens is 3. The van der Waals surface area contributed by atoms with Crippen LogP contribution in [-0.4, -0.2) is 44.2 Å². The van der Waals surface area contributed by atoms with Crippen molar-refractivity contribution in [3.05, 3.63) is 34.5 Å². The van der Waals surface area contributed by atoms with E-state index < -0.39 is 0 Å². The van der Waals surface area contributed by atoms with Gasteiger partial charge in [0.05, 0.1) is 13.1 Å². The zero-order valence-electron chi connectivity index (χ0n) is 13.0. The molecule has 0 bridgehead atoms. The average molecular weight is 331 g/mol. The van der Waals surface area contributed by atoms with Gasteiger partial charge in [-0.25, -0.2) is 9.67 Å².